The first-order valence-electron chi connectivity index (χ1n) is 5.90. The maximum absolute atomic E-state index is 13.8. The molecule has 0 aliphatic rings. The molecule has 0 aliphatic heterocycles. The highest BCUT2D eigenvalue weighted by Crippen LogP contribution is 2.25. The van der Waals surface area contributed by atoms with Crippen LogP contribution in [0.15, 0.2) is 28.9 Å². The van der Waals surface area contributed by atoms with E-state index in [9.17, 15) is 8.78 Å². The van der Waals surface area contributed by atoms with Gasteiger partial charge in [-0.3, -0.25) is 0 Å². The van der Waals surface area contributed by atoms with Crippen molar-refractivity contribution in [2.45, 2.75) is 26.4 Å². The highest BCUT2D eigenvalue weighted by Gasteiger charge is 2.13. The standard InChI is InChI=1S/C13H14BrF2N3/c1-8(2)17-7-10-3-4-19(18-10)13-11(14)5-9(15)6-12(13)16/h3-6,8,17H,7H2,1-2H3. The topological polar surface area (TPSA) is 29.9 Å². The fourth-order valence-electron chi connectivity index (χ4n) is 1.64. The Morgan fingerprint density at radius 1 is 1.37 bits per heavy atom. The molecule has 0 saturated heterocycles. The van der Waals surface area contributed by atoms with Crippen LogP contribution in [0.2, 0.25) is 0 Å². The highest BCUT2D eigenvalue weighted by atomic mass is 79.9. The van der Waals surface area contributed by atoms with Gasteiger partial charge < -0.3 is 5.32 Å². The molecule has 19 heavy (non-hydrogen) atoms. The smallest absolute Gasteiger partial charge is 0.152 e. The van der Waals surface area contributed by atoms with Gasteiger partial charge in [-0.05, 0) is 28.1 Å². The lowest BCUT2D eigenvalue weighted by molar-refractivity contribution is 0.564. The van der Waals surface area contributed by atoms with Crippen LogP contribution in [0.1, 0.15) is 19.5 Å². The van der Waals surface area contributed by atoms with Crippen LogP contribution < -0.4 is 5.32 Å². The fraction of sp³-hybridized carbons (Fsp3) is 0.308. The molecular weight excluding hydrogens is 316 g/mol. The van der Waals surface area contributed by atoms with E-state index in [0.717, 1.165) is 11.8 Å². The third kappa shape index (κ3) is 3.39. The summed E-state index contributed by atoms with van der Waals surface area (Å²) in [4.78, 5) is 0. The van der Waals surface area contributed by atoms with Crippen molar-refractivity contribution in [1.29, 1.82) is 0 Å². The first-order chi connectivity index (χ1) is 8.97. The molecule has 6 heteroatoms. The molecule has 102 valence electrons. The van der Waals surface area contributed by atoms with Gasteiger partial charge in [0.2, 0.25) is 0 Å². The molecule has 0 atom stereocenters. The van der Waals surface area contributed by atoms with E-state index in [1.54, 1.807) is 12.3 Å². The SMILES string of the molecule is CC(C)NCc1ccn(-c2c(F)cc(F)cc2Br)n1. The van der Waals surface area contributed by atoms with Crippen molar-refractivity contribution in [2.75, 3.05) is 0 Å². The van der Waals surface area contributed by atoms with E-state index in [-0.39, 0.29) is 5.69 Å². The van der Waals surface area contributed by atoms with Crippen LogP contribution in [0, 0.1) is 11.6 Å². The minimum atomic E-state index is -0.654. The van der Waals surface area contributed by atoms with Crippen molar-refractivity contribution < 1.29 is 8.78 Å². The van der Waals surface area contributed by atoms with Gasteiger partial charge in [-0.25, -0.2) is 13.5 Å². The van der Waals surface area contributed by atoms with Crippen molar-refractivity contribution in [1.82, 2.24) is 15.1 Å². The average molecular weight is 330 g/mol. The number of nitrogens with zero attached hydrogens (tertiary/aromatic N) is 2. The lowest BCUT2D eigenvalue weighted by atomic mass is 10.3. The molecule has 1 heterocycles. The number of rotatable bonds is 4. The lowest BCUT2D eigenvalue weighted by Gasteiger charge is -2.07. The second-order valence-corrected chi connectivity index (χ2v) is 5.36. The largest absolute Gasteiger partial charge is 0.309 e. The summed E-state index contributed by atoms with van der Waals surface area (Å²) in [5.41, 5.74) is 1.00. The third-order valence-electron chi connectivity index (χ3n) is 2.55. The number of halogens is 3. The van der Waals surface area contributed by atoms with Gasteiger partial charge in [0.15, 0.2) is 5.82 Å². The van der Waals surface area contributed by atoms with Crippen LogP contribution in [0.4, 0.5) is 8.78 Å². The van der Waals surface area contributed by atoms with Gasteiger partial charge in [0.1, 0.15) is 11.5 Å². The van der Waals surface area contributed by atoms with E-state index in [2.05, 4.69) is 26.3 Å². The minimum Gasteiger partial charge on any atom is -0.309 e. The van der Waals surface area contributed by atoms with Crippen LogP contribution in [-0.2, 0) is 6.54 Å². The summed E-state index contributed by atoms with van der Waals surface area (Å²) in [6, 6.07) is 4.20. The average Bonchev–Trinajstić information content (AvgIpc) is 2.73. The molecule has 0 spiro atoms. The summed E-state index contributed by atoms with van der Waals surface area (Å²) < 4.78 is 28.5. The van der Waals surface area contributed by atoms with E-state index in [1.807, 2.05) is 13.8 Å². The summed E-state index contributed by atoms with van der Waals surface area (Å²) in [6.07, 6.45) is 1.65. The van der Waals surface area contributed by atoms with Crippen LogP contribution in [0.5, 0.6) is 0 Å². The number of aromatic nitrogens is 2. The van der Waals surface area contributed by atoms with Gasteiger partial charge in [0.25, 0.3) is 0 Å². The molecule has 1 aromatic carbocycles. The maximum atomic E-state index is 13.8. The second-order valence-electron chi connectivity index (χ2n) is 4.51. The first kappa shape index (κ1) is 14.1. The summed E-state index contributed by atoms with van der Waals surface area (Å²) in [5.74, 6) is -1.28. The number of hydrogen-bond acceptors (Lipinski definition) is 2. The quantitative estimate of drug-likeness (QED) is 0.931. The molecule has 2 rings (SSSR count). The Bertz CT molecular complexity index is 558. The minimum absolute atomic E-state index is 0.206. The van der Waals surface area contributed by atoms with Crippen LogP contribution in [0.25, 0.3) is 5.69 Å². The summed E-state index contributed by atoms with van der Waals surface area (Å²) in [5, 5.41) is 7.49. The van der Waals surface area contributed by atoms with E-state index in [4.69, 9.17) is 0 Å². The lowest BCUT2D eigenvalue weighted by Crippen LogP contribution is -2.22. The zero-order valence-corrected chi connectivity index (χ0v) is 12.2. The molecule has 3 nitrogen and oxygen atoms in total. The van der Waals surface area contributed by atoms with Crippen molar-refractivity contribution in [2.24, 2.45) is 0 Å². The molecular formula is C13H14BrF2N3. The van der Waals surface area contributed by atoms with E-state index < -0.39 is 11.6 Å². The van der Waals surface area contributed by atoms with Crippen LogP contribution >= 0.6 is 15.9 Å². The van der Waals surface area contributed by atoms with Gasteiger partial charge in [-0.2, -0.15) is 5.10 Å². The molecule has 0 bridgehead atoms. The molecule has 1 N–H and O–H groups in total. The normalized spacial score (nSPS) is 11.3. The number of nitrogens with one attached hydrogen (secondary N) is 1. The van der Waals surface area contributed by atoms with Gasteiger partial charge >= 0.3 is 0 Å². The van der Waals surface area contributed by atoms with Gasteiger partial charge in [0, 0.05) is 29.3 Å². The van der Waals surface area contributed by atoms with E-state index in [0.29, 0.717) is 17.1 Å². The molecule has 0 fully saturated rings. The second kappa shape index (κ2) is 5.79. The Balaban J connectivity index is 2.28. The molecule has 0 amide bonds. The van der Waals surface area contributed by atoms with Gasteiger partial charge in [0.05, 0.1) is 5.69 Å². The van der Waals surface area contributed by atoms with Crippen molar-refractivity contribution in [3.8, 4) is 5.69 Å². The van der Waals surface area contributed by atoms with Crippen LogP contribution in [0.3, 0.4) is 0 Å². The Labute approximate surface area is 118 Å². The van der Waals surface area contributed by atoms with Crippen molar-refractivity contribution in [3.05, 3.63) is 46.2 Å². The van der Waals surface area contributed by atoms with Crippen molar-refractivity contribution in [3.63, 3.8) is 0 Å². The predicted octanol–water partition coefficient (Wildman–Crippen LogP) is 3.41. The predicted molar refractivity (Wildman–Crippen MR) is 73.2 cm³/mol. The first-order valence-corrected chi connectivity index (χ1v) is 6.69. The molecule has 0 aliphatic carbocycles. The van der Waals surface area contributed by atoms with Crippen LogP contribution in [-0.4, -0.2) is 15.8 Å². The van der Waals surface area contributed by atoms with Crippen molar-refractivity contribution >= 4 is 15.9 Å². The van der Waals surface area contributed by atoms with E-state index >= 15 is 0 Å². The number of hydrogen-bond donors (Lipinski definition) is 1. The summed E-state index contributed by atoms with van der Waals surface area (Å²) >= 11 is 3.15. The Hall–Kier alpha value is -1.27. The monoisotopic (exact) mass is 329 g/mol. The molecule has 1 aromatic heterocycles. The summed E-state index contributed by atoms with van der Waals surface area (Å²) in [6.45, 7) is 4.67. The van der Waals surface area contributed by atoms with Gasteiger partial charge in [-0.1, -0.05) is 13.8 Å². The molecule has 0 unspecified atom stereocenters. The molecule has 0 saturated carbocycles. The zero-order valence-electron chi connectivity index (χ0n) is 10.6. The Kier molecular flexibility index (Phi) is 4.31. The Morgan fingerprint density at radius 2 is 2.11 bits per heavy atom. The van der Waals surface area contributed by atoms with Gasteiger partial charge in [-0.15, -0.1) is 0 Å². The third-order valence-corrected chi connectivity index (χ3v) is 3.15. The highest BCUT2D eigenvalue weighted by molar-refractivity contribution is 9.10. The molecule has 2 aromatic rings. The van der Waals surface area contributed by atoms with E-state index in [1.165, 1.54) is 10.7 Å². The number of benzene rings is 1. The Morgan fingerprint density at radius 3 is 2.74 bits per heavy atom. The maximum Gasteiger partial charge on any atom is 0.152 e. The molecule has 0 radical (unpaired) electrons. The zero-order chi connectivity index (χ0) is 14.0. The fourth-order valence-corrected chi connectivity index (χ4v) is 2.23. The summed E-state index contributed by atoms with van der Waals surface area (Å²) in [7, 11) is 0.